The van der Waals surface area contributed by atoms with Crippen LogP contribution < -0.4 is 0 Å². The second-order valence-corrected chi connectivity index (χ2v) is 5.83. The van der Waals surface area contributed by atoms with Crippen molar-refractivity contribution in [1.29, 1.82) is 0 Å². The summed E-state index contributed by atoms with van der Waals surface area (Å²) >= 11 is 0. The summed E-state index contributed by atoms with van der Waals surface area (Å²) in [5, 5.41) is 10.8. The third-order valence-electron chi connectivity index (χ3n) is 3.42. The van der Waals surface area contributed by atoms with Crippen molar-refractivity contribution < 1.29 is 9.59 Å². The maximum absolute atomic E-state index is 10.8. The first-order chi connectivity index (χ1) is 9.00. The largest absolute Gasteiger partial charge is 0.382 e. The topological polar surface area (TPSA) is 20.2 Å². The Labute approximate surface area is 115 Å². The summed E-state index contributed by atoms with van der Waals surface area (Å²) in [6.45, 7) is 0. The van der Waals surface area contributed by atoms with Crippen LogP contribution in [0, 0.1) is 0 Å². The summed E-state index contributed by atoms with van der Waals surface area (Å²) in [6.07, 6.45) is -0.511. The summed E-state index contributed by atoms with van der Waals surface area (Å²) in [6, 6.07) is 20.1. The molecule has 0 fully saturated rings. The summed E-state index contributed by atoms with van der Waals surface area (Å²) in [5.74, 6) is 0. The number of nitrogens with zero attached hydrogens (tertiary/aromatic N) is 1. The molecule has 2 atom stereocenters. The fraction of sp³-hybridized carbons (Fsp3) is 0.294. The first-order valence-corrected chi connectivity index (χ1v) is 6.59. The van der Waals surface area contributed by atoms with Crippen LogP contribution in [0.15, 0.2) is 60.7 Å². The van der Waals surface area contributed by atoms with Crippen molar-refractivity contribution >= 4 is 0 Å². The number of benzene rings is 2. The fourth-order valence-electron chi connectivity index (χ4n) is 2.54. The van der Waals surface area contributed by atoms with Crippen molar-refractivity contribution in [3.63, 3.8) is 0 Å². The Morgan fingerprint density at radius 1 is 0.737 bits per heavy atom. The molecule has 2 nitrogen and oxygen atoms in total. The summed E-state index contributed by atoms with van der Waals surface area (Å²) in [7, 11) is 6.34. The van der Waals surface area contributed by atoms with Crippen LogP contribution >= 0.6 is 0 Å². The minimum Gasteiger partial charge on any atom is -0.382 e. The predicted octanol–water partition coefficient (Wildman–Crippen LogP) is 3.17. The van der Waals surface area contributed by atoms with Crippen molar-refractivity contribution in [2.45, 2.75) is 12.1 Å². The lowest BCUT2D eigenvalue weighted by Crippen LogP contribution is -2.42. The normalized spacial score (nSPS) is 14.9. The molecular formula is C17H22NO+. The van der Waals surface area contributed by atoms with Crippen molar-refractivity contribution in [2.75, 3.05) is 21.1 Å². The van der Waals surface area contributed by atoms with Crippen molar-refractivity contribution in [3.05, 3.63) is 71.8 Å². The van der Waals surface area contributed by atoms with Crippen LogP contribution in [-0.4, -0.2) is 30.7 Å². The third-order valence-corrected chi connectivity index (χ3v) is 3.42. The van der Waals surface area contributed by atoms with E-state index >= 15 is 0 Å². The molecule has 2 heteroatoms. The van der Waals surface area contributed by atoms with Crippen LogP contribution in [0.5, 0.6) is 0 Å². The van der Waals surface area contributed by atoms with Crippen LogP contribution in [0.3, 0.4) is 0 Å². The van der Waals surface area contributed by atoms with E-state index in [0.29, 0.717) is 4.48 Å². The van der Waals surface area contributed by atoms with Gasteiger partial charge in [0.15, 0.2) is 0 Å². The molecule has 0 radical (unpaired) electrons. The molecule has 0 aliphatic heterocycles. The quantitative estimate of drug-likeness (QED) is 0.833. The number of quaternary nitrogens is 1. The van der Waals surface area contributed by atoms with Gasteiger partial charge < -0.3 is 9.59 Å². The highest BCUT2D eigenvalue weighted by molar-refractivity contribution is 5.24. The molecule has 100 valence electrons. The molecule has 0 spiro atoms. The van der Waals surface area contributed by atoms with Crippen molar-refractivity contribution in [3.8, 4) is 0 Å². The Hall–Kier alpha value is -1.64. The Morgan fingerprint density at radius 3 is 1.58 bits per heavy atom. The van der Waals surface area contributed by atoms with E-state index in [0.717, 1.165) is 11.1 Å². The molecule has 2 aromatic rings. The Balaban J connectivity index is 2.40. The van der Waals surface area contributed by atoms with Crippen LogP contribution in [-0.2, 0) is 0 Å². The highest BCUT2D eigenvalue weighted by Crippen LogP contribution is 2.35. The molecule has 0 aliphatic rings. The Morgan fingerprint density at radius 2 is 1.16 bits per heavy atom. The minimum absolute atomic E-state index is 0.0172. The van der Waals surface area contributed by atoms with Crippen LogP contribution in [0.4, 0.5) is 0 Å². The van der Waals surface area contributed by atoms with E-state index in [-0.39, 0.29) is 6.04 Å². The molecule has 0 saturated carbocycles. The van der Waals surface area contributed by atoms with Gasteiger partial charge in [0.1, 0.15) is 12.1 Å². The van der Waals surface area contributed by atoms with Crippen molar-refractivity contribution in [1.82, 2.24) is 0 Å². The second kappa shape index (κ2) is 5.55. The van der Waals surface area contributed by atoms with Gasteiger partial charge in [-0.15, -0.1) is 0 Å². The molecule has 2 aromatic carbocycles. The number of hydrogen-bond acceptors (Lipinski definition) is 1. The number of hydrogen-bond donors (Lipinski definition) is 1. The smallest absolute Gasteiger partial charge is 0.145 e. The zero-order valence-corrected chi connectivity index (χ0v) is 11.8. The van der Waals surface area contributed by atoms with E-state index in [1.165, 1.54) is 0 Å². The molecule has 19 heavy (non-hydrogen) atoms. The van der Waals surface area contributed by atoms with Gasteiger partial charge in [-0.25, -0.2) is 0 Å². The van der Waals surface area contributed by atoms with Gasteiger partial charge in [-0.3, -0.25) is 0 Å². The van der Waals surface area contributed by atoms with E-state index in [9.17, 15) is 5.11 Å². The highest BCUT2D eigenvalue weighted by atomic mass is 16.3. The molecule has 0 saturated heterocycles. The number of aliphatic hydroxyl groups excluding tert-OH is 1. The van der Waals surface area contributed by atoms with Gasteiger partial charge in [0.05, 0.1) is 21.1 Å². The van der Waals surface area contributed by atoms with Gasteiger partial charge in [-0.2, -0.15) is 0 Å². The lowest BCUT2D eigenvalue weighted by molar-refractivity contribution is -0.907. The summed E-state index contributed by atoms with van der Waals surface area (Å²) in [5.41, 5.74) is 2.12. The van der Waals surface area contributed by atoms with E-state index < -0.39 is 6.10 Å². The average molecular weight is 256 g/mol. The third kappa shape index (κ3) is 3.22. The standard InChI is InChI=1S/C17H22NO/c1-18(2,3)16(14-10-6-4-7-11-14)17(19)15-12-8-5-9-13-15/h4-13,16-17,19H,1-3H3/q+1. The number of aliphatic hydroxyl groups is 1. The van der Waals surface area contributed by atoms with E-state index in [1.54, 1.807) is 0 Å². The highest BCUT2D eigenvalue weighted by Gasteiger charge is 2.33. The van der Waals surface area contributed by atoms with Gasteiger partial charge in [-0.05, 0) is 5.56 Å². The van der Waals surface area contributed by atoms with Gasteiger partial charge in [0.25, 0.3) is 0 Å². The minimum atomic E-state index is -0.511. The van der Waals surface area contributed by atoms with Gasteiger partial charge in [0, 0.05) is 5.56 Å². The molecule has 2 rings (SSSR count). The van der Waals surface area contributed by atoms with E-state index in [1.807, 2.05) is 48.5 Å². The molecule has 0 bridgehead atoms. The predicted molar refractivity (Wildman–Crippen MR) is 78.6 cm³/mol. The number of likely N-dealkylation sites (N-methyl/N-ethyl adjacent to an activating group) is 1. The van der Waals surface area contributed by atoms with E-state index in [4.69, 9.17) is 0 Å². The van der Waals surface area contributed by atoms with Crippen LogP contribution in [0.1, 0.15) is 23.3 Å². The Bertz CT molecular complexity index is 502. The molecule has 0 aromatic heterocycles. The summed E-state index contributed by atoms with van der Waals surface area (Å²) in [4.78, 5) is 0. The van der Waals surface area contributed by atoms with Gasteiger partial charge in [-0.1, -0.05) is 60.7 Å². The maximum atomic E-state index is 10.8. The fourth-order valence-corrected chi connectivity index (χ4v) is 2.54. The lowest BCUT2D eigenvalue weighted by atomic mass is 9.93. The zero-order chi connectivity index (χ0) is 13.9. The molecule has 0 heterocycles. The van der Waals surface area contributed by atoms with Gasteiger partial charge in [0.2, 0.25) is 0 Å². The van der Waals surface area contributed by atoms with Gasteiger partial charge >= 0.3 is 0 Å². The molecule has 0 aliphatic carbocycles. The molecule has 2 unspecified atom stereocenters. The van der Waals surface area contributed by atoms with E-state index in [2.05, 4.69) is 33.3 Å². The van der Waals surface area contributed by atoms with Crippen LogP contribution in [0.25, 0.3) is 0 Å². The zero-order valence-electron chi connectivity index (χ0n) is 11.8. The monoisotopic (exact) mass is 256 g/mol. The number of rotatable bonds is 4. The second-order valence-electron chi connectivity index (χ2n) is 5.83. The van der Waals surface area contributed by atoms with Crippen LogP contribution in [0.2, 0.25) is 0 Å². The Kier molecular flexibility index (Phi) is 4.03. The molecular weight excluding hydrogens is 234 g/mol. The maximum Gasteiger partial charge on any atom is 0.145 e. The lowest BCUT2D eigenvalue weighted by Gasteiger charge is -2.37. The SMILES string of the molecule is C[N+](C)(C)C(c1ccccc1)C(O)c1ccccc1. The molecule has 1 N–H and O–H groups in total. The average Bonchev–Trinajstić information content (AvgIpc) is 2.39. The van der Waals surface area contributed by atoms with Crippen molar-refractivity contribution in [2.24, 2.45) is 0 Å². The first-order valence-electron chi connectivity index (χ1n) is 6.59. The summed E-state index contributed by atoms with van der Waals surface area (Å²) < 4.78 is 0.681. The first kappa shape index (κ1) is 13.8. The molecule has 0 amide bonds.